The van der Waals surface area contributed by atoms with Crippen LogP contribution in [-0.4, -0.2) is 34.1 Å². The van der Waals surface area contributed by atoms with E-state index < -0.39 is 13.3 Å². The Hall–Kier alpha value is -3.32. The third-order valence-electron chi connectivity index (χ3n) is 11.3. The topological polar surface area (TPSA) is 76.2 Å². The summed E-state index contributed by atoms with van der Waals surface area (Å²) in [5.41, 5.74) is 6.63. The number of aromatic nitrogens is 2. The first-order valence-electron chi connectivity index (χ1n) is 18.1. The summed E-state index contributed by atoms with van der Waals surface area (Å²) < 4.78 is 7.86. The van der Waals surface area contributed by atoms with Gasteiger partial charge < -0.3 is 5.11 Å². The first-order chi connectivity index (χ1) is 23.6. The summed E-state index contributed by atoms with van der Waals surface area (Å²) in [6.07, 6.45) is 6.44. The standard InChI is InChI=1S/C29H25GeN2O.C15H28O2.Ir/c1-17-15-19-13-14-22-27(31-16-32-28(22)25(19)18(2)26(17)30(3,4)5)23-11-8-10-21-20-9-6-7-12-24(20)33-29(21)23;1-7-14(5,8-2)12(16)11-13(17)15(6,9-3)10-4;/h6-10,12-16H,1-5H3;11,16H,7-10H2,1-6H3;/q-1;;/b;12-11-;. The van der Waals surface area contributed by atoms with Gasteiger partial charge in [-0.15, -0.1) is 0 Å². The summed E-state index contributed by atoms with van der Waals surface area (Å²) >= 11 is -2.08. The largest absolute Gasteiger partial charge is 0 e. The summed E-state index contributed by atoms with van der Waals surface area (Å²) in [5, 5.41) is 15.8. The van der Waals surface area contributed by atoms with Gasteiger partial charge in [0.1, 0.15) is 5.76 Å². The van der Waals surface area contributed by atoms with Crippen molar-refractivity contribution in [2.45, 2.75) is 98.3 Å². The van der Waals surface area contributed by atoms with Gasteiger partial charge >= 0.3 is 196 Å². The zero-order chi connectivity index (χ0) is 36.6. The Morgan fingerprint density at radius 3 is 2.16 bits per heavy atom. The fourth-order valence-electron chi connectivity index (χ4n) is 7.29. The summed E-state index contributed by atoms with van der Waals surface area (Å²) in [7, 11) is 0. The van der Waals surface area contributed by atoms with Crippen LogP contribution >= 0.6 is 0 Å². The minimum atomic E-state index is -2.08. The molecule has 51 heavy (non-hydrogen) atoms. The van der Waals surface area contributed by atoms with E-state index in [1.54, 1.807) is 10.7 Å². The fraction of sp³-hybridized carbons (Fsp3) is 0.386. The second-order valence-corrected chi connectivity index (χ2v) is 25.8. The van der Waals surface area contributed by atoms with Crippen molar-refractivity contribution < 1.29 is 34.4 Å². The second-order valence-electron chi connectivity index (χ2n) is 15.3. The average molecular weight is 923 g/mol. The smallest absolute Gasteiger partial charge is 0 e. The number of hydrogen-bond acceptors (Lipinski definition) is 5. The number of benzene rings is 4. The van der Waals surface area contributed by atoms with Gasteiger partial charge in [0.25, 0.3) is 0 Å². The number of hydrogen-bond donors (Lipinski definition) is 1. The molecular weight excluding hydrogens is 869 g/mol. The van der Waals surface area contributed by atoms with Crippen molar-refractivity contribution in [1.29, 1.82) is 0 Å². The molecule has 2 heterocycles. The number of aryl methyl sites for hydroxylation is 2. The number of fused-ring (bicyclic) bond motifs is 6. The van der Waals surface area contributed by atoms with Crippen molar-refractivity contribution in [3.05, 3.63) is 90.0 Å². The molecule has 0 amide bonds. The summed E-state index contributed by atoms with van der Waals surface area (Å²) in [6, 6.07) is 22.3. The molecule has 0 fully saturated rings. The van der Waals surface area contributed by atoms with Crippen LogP contribution in [0.4, 0.5) is 0 Å². The number of ketones is 1. The molecule has 0 spiro atoms. The average Bonchev–Trinajstić information content (AvgIpc) is 3.49. The van der Waals surface area contributed by atoms with Crippen LogP contribution in [0, 0.1) is 30.7 Å². The zero-order valence-electron chi connectivity index (χ0n) is 32.2. The Kier molecular flexibility index (Phi) is 12.5. The molecule has 6 aromatic rings. The number of allylic oxidation sites excluding steroid dienone is 2. The maximum Gasteiger partial charge on any atom is 0 e. The van der Waals surface area contributed by atoms with E-state index in [9.17, 15) is 9.90 Å². The predicted octanol–water partition coefficient (Wildman–Crippen LogP) is 12.0. The number of para-hydroxylation sites is 1. The van der Waals surface area contributed by atoms with E-state index in [0.717, 1.165) is 69.8 Å². The first kappa shape index (κ1) is 40.5. The Bertz CT molecular complexity index is 2240. The van der Waals surface area contributed by atoms with Crippen LogP contribution in [-0.2, 0) is 24.9 Å². The summed E-state index contributed by atoms with van der Waals surface area (Å²) in [6.45, 7) is 16.6. The molecule has 271 valence electrons. The Balaban J connectivity index is 0.000000279. The number of rotatable bonds is 9. The molecule has 2 aromatic heterocycles. The van der Waals surface area contributed by atoms with E-state index in [2.05, 4.69) is 67.5 Å². The van der Waals surface area contributed by atoms with Gasteiger partial charge in [0.05, 0.1) is 0 Å². The maximum atomic E-state index is 12.2. The number of aliphatic hydroxyl groups is 1. The normalized spacial score (nSPS) is 12.6. The quantitative estimate of drug-likeness (QED) is 0.0514. The third-order valence-corrected chi connectivity index (χ3v) is 16.0. The van der Waals surface area contributed by atoms with E-state index >= 15 is 0 Å². The van der Waals surface area contributed by atoms with Crippen LogP contribution < -0.4 is 4.40 Å². The van der Waals surface area contributed by atoms with Gasteiger partial charge in [-0.3, -0.25) is 4.79 Å². The van der Waals surface area contributed by atoms with E-state index in [0.29, 0.717) is 0 Å². The van der Waals surface area contributed by atoms with Crippen LogP contribution in [0.5, 0.6) is 0 Å². The number of carbonyl (C=O) groups is 1. The van der Waals surface area contributed by atoms with Crippen molar-refractivity contribution in [2.75, 3.05) is 0 Å². The van der Waals surface area contributed by atoms with Gasteiger partial charge in [-0.2, -0.15) is 0 Å². The van der Waals surface area contributed by atoms with Crippen molar-refractivity contribution in [3.63, 3.8) is 0 Å². The minimum absolute atomic E-state index is 0. The molecule has 5 nitrogen and oxygen atoms in total. The fourth-order valence-corrected chi connectivity index (χ4v) is 12.5. The first-order valence-corrected chi connectivity index (χ1v) is 25.4. The van der Waals surface area contributed by atoms with Crippen molar-refractivity contribution in [3.8, 4) is 11.3 Å². The van der Waals surface area contributed by atoms with Gasteiger partial charge in [0.15, 0.2) is 5.78 Å². The Morgan fingerprint density at radius 1 is 0.882 bits per heavy atom. The molecule has 0 saturated heterocycles. The van der Waals surface area contributed by atoms with Crippen LogP contribution in [0.1, 0.15) is 78.4 Å². The molecule has 1 radical (unpaired) electrons. The molecule has 0 unspecified atom stereocenters. The van der Waals surface area contributed by atoms with Gasteiger partial charge in [0, 0.05) is 37.0 Å². The molecule has 0 aliphatic rings. The third kappa shape index (κ3) is 7.61. The molecule has 0 aliphatic carbocycles. The zero-order valence-corrected chi connectivity index (χ0v) is 36.7. The van der Waals surface area contributed by atoms with Gasteiger partial charge in [-0.1, -0.05) is 41.5 Å². The summed E-state index contributed by atoms with van der Waals surface area (Å²) in [5.74, 6) is 7.67. The number of furan rings is 1. The molecular formula is C44H53GeIrN2O3-. The molecule has 0 saturated carbocycles. The summed E-state index contributed by atoms with van der Waals surface area (Å²) in [4.78, 5) is 21.7. The molecule has 0 atom stereocenters. The van der Waals surface area contributed by atoms with Gasteiger partial charge in [0.2, 0.25) is 0 Å². The Labute approximate surface area is 320 Å². The maximum absolute atomic E-state index is 12.2. The van der Waals surface area contributed by atoms with E-state index in [1.165, 1.54) is 28.0 Å². The number of nitrogens with zero attached hydrogens (tertiary/aromatic N) is 2. The number of carbonyl (C=O) groups excluding carboxylic acids is 1. The minimum Gasteiger partial charge on any atom is 0 e. The molecule has 4 aromatic carbocycles. The molecule has 0 bridgehead atoms. The van der Waals surface area contributed by atoms with Crippen LogP contribution in [0.2, 0.25) is 17.3 Å². The second kappa shape index (κ2) is 15.7. The number of aliphatic hydroxyl groups excluding tert-OH is 1. The SMILES string of the molecule is CCC(C)(CC)C(=O)/C=C(\O)C(C)(CC)CC.Cc1cc2ccc3c(-c4[c-]ccc5c4oc4ccccc45)ncnc3c2c(C)[c]1[Ge]([CH3])([CH3])[CH3].[Ir]. The van der Waals surface area contributed by atoms with Crippen molar-refractivity contribution >= 4 is 67.1 Å². The van der Waals surface area contributed by atoms with Gasteiger partial charge in [-0.25, -0.2) is 0 Å². The van der Waals surface area contributed by atoms with Gasteiger partial charge in [-0.05, 0) is 25.7 Å². The van der Waals surface area contributed by atoms with E-state index in [-0.39, 0.29) is 42.5 Å². The monoisotopic (exact) mass is 924 g/mol. The van der Waals surface area contributed by atoms with E-state index in [4.69, 9.17) is 14.4 Å². The molecule has 1 N–H and O–H groups in total. The van der Waals surface area contributed by atoms with Crippen molar-refractivity contribution in [1.82, 2.24) is 9.97 Å². The van der Waals surface area contributed by atoms with Crippen LogP contribution in [0.15, 0.2) is 77.2 Å². The molecule has 7 heteroatoms. The van der Waals surface area contributed by atoms with Crippen LogP contribution in [0.25, 0.3) is 54.9 Å². The predicted molar refractivity (Wildman–Crippen MR) is 214 cm³/mol. The van der Waals surface area contributed by atoms with Crippen LogP contribution in [0.3, 0.4) is 0 Å². The molecule has 0 aliphatic heterocycles. The van der Waals surface area contributed by atoms with Crippen molar-refractivity contribution in [2.24, 2.45) is 10.8 Å². The molecule has 6 rings (SSSR count). The Morgan fingerprint density at radius 2 is 1.53 bits per heavy atom. The van der Waals surface area contributed by atoms with E-state index in [1.807, 2.05) is 65.8 Å².